The summed E-state index contributed by atoms with van der Waals surface area (Å²) >= 11 is 1.81. The van der Waals surface area contributed by atoms with Crippen molar-refractivity contribution in [3.05, 3.63) is 16.1 Å². The maximum Gasteiger partial charge on any atom is 0.0797 e. The van der Waals surface area contributed by atoms with Gasteiger partial charge in [-0.15, -0.1) is 11.3 Å². The summed E-state index contributed by atoms with van der Waals surface area (Å²) in [6.07, 6.45) is 2.78. The smallest absolute Gasteiger partial charge is 0.0797 e. The number of hydrogen-bond acceptors (Lipinski definition) is 2. The molecule has 1 saturated carbocycles. The molecule has 1 aliphatic carbocycles. The second-order valence-corrected chi connectivity index (χ2v) is 3.46. The fourth-order valence-electron chi connectivity index (χ4n) is 1.05. The molecule has 0 bridgehead atoms. The lowest BCUT2D eigenvalue weighted by Gasteiger charge is -1.88. The molecule has 0 N–H and O–H groups in total. The van der Waals surface area contributed by atoms with Gasteiger partial charge >= 0.3 is 0 Å². The average Bonchev–Trinajstić information content (AvgIpc) is 2.80. The monoisotopic (exact) mass is 169 g/mol. The molecule has 1 nitrogen and oxygen atoms in total. The molecule has 11 heavy (non-hydrogen) atoms. The first-order chi connectivity index (χ1) is 5.38. The van der Waals surface area contributed by atoms with E-state index in [0.29, 0.717) is 0 Å². The summed E-state index contributed by atoms with van der Waals surface area (Å²) in [5.41, 5.74) is 3.20. The Labute approximate surface area is 72.5 Å². The zero-order valence-electron chi connectivity index (χ0n) is 7.42. The Morgan fingerprint density at radius 3 is 2.45 bits per heavy atom. The molecule has 1 aromatic heterocycles. The second kappa shape index (κ2) is 3.86. The van der Waals surface area contributed by atoms with Crippen molar-refractivity contribution in [2.45, 2.75) is 39.5 Å². The molecule has 0 radical (unpaired) electrons. The van der Waals surface area contributed by atoms with E-state index in [1.54, 1.807) is 0 Å². The first kappa shape index (κ1) is 8.72. The molecule has 0 saturated heterocycles. The van der Waals surface area contributed by atoms with Gasteiger partial charge in [0.15, 0.2) is 0 Å². The lowest BCUT2D eigenvalue weighted by Crippen LogP contribution is -1.76. The largest absolute Gasteiger partial charge is 0.250 e. The molecule has 62 valence electrons. The molecule has 2 heteroatoms. The molecule has 1 fully saturated rings. The van der Waals surface area contributed by atoms with E-state index in [1.807, 2.05) is 30.7 Å². The first-order valence-corrected chi connectivity index (χ1v) is 5.16. The minimum Gasteiger partial charge on any atom is -0.250 e. The zero-order chi connectivity index (χ0) is 8.27. The van der Waals surface area contributed by atoms with E-state index in [4.69, 9.17) is 0 Å². The van der Waals surface area contributed by atoms with Gasteiger partial charge in [0.2, 0.25) is 0 Å². The third-order valence-corrected chi connectivity index (χ3v) is 2.82. The van der Waals surface area contributed by atoms with Gasteiger partial charge in [-0.05, 0) is 25.7 Å². The van der Waals surface area contributed by atoms with E-state index < -0.39 is 0 Å². The summed E-state index contributed by atoms with van der Waals surface area (Å²) in [5.74, 6) is 0.887. The first-order valence-electron chi connectivity index (χ1n) is 4.28. The maximum absolute atomic E-state index is 4.20. The summed E-state index contributed by atoms with van der Waals surface area (Å²) in [6, 6.07) is 0. The Morgan fingerprint density at radius 2 is 2.09 bits per heavy atom. The van der Waals surface area contributed by atoms with Crippen molar-refractivity contribution in [1.29, 1.82) is 0 Å². The van der Waals surface area contributed by atoms with Crippen LogP contribution in [0.4, 0.5) is 0 Å². The van der Waals surface area contributed by atoms with E-state index in [1.165, 1.54) is 23.4 Å². The van der Waals surface area contributed by atoms with Crippen LogP contribution in [0, 0.1) is 6.92 Å². The van der Waals surface area contributed by atoms with Gasteiger partial charge in [-0.1, -0.05) is 13.8 Å². The lowest BCUT2D eigenvalue weighted by atomic mass is 10.3. The highest BCUT2D eigenvalue weighted by atomic mass is 32.1. The van der Waals surface area contributed by atoms with Crippen molar-refractivity contribution in [1.82, 2.24) is 4.98 Å². The van der Waals surface area contributed by atoms with Crippen LogP contribution in [-0.2, 0) is 0 Å². The molecule has 1 heterocycles. The minimum atomic E-state index is 0.887. The van der Waals surface area contributed by atoms with Gasteiger partial charge in [-0.3, -0.25) is 0 Å². The molecule has 0 spiro atoms. The Hall–Kier alpha value is -0.370. The highest BCUT2D eigenvalue weighted by Crippen LogP contribution is 2.43. The minimum absolute atomic E-state index is 0.887. The van der Waals surface area contributed by atoms with E-state index in [-0.39, 0.29) is 0 Å². The zero-order valence-corrected chi connectivity index (χ0v) is 8.24. The predicted molar refractivity (Wildman–Crippen MR) is 50.2 cm³/mol. The van der Waals surface area contributed by atoms with E-state index >= 15 is 0 Å². The number of aromatic nitrogens is 1. The van der Waals surface area contributed by atoms with E-state index in [0.717, 1.165) is 5.92 Å². The Morgan fingerprint density at radius 1 is 1.45 bits per heavy atom. The van der Waals surface area contributed by atoms with Gasteiger partial charge < -0.3 is 0 Å². The SMILES string of the molecule is CC.Cc1ncsc1C1CC1. The Kier molecular flexibility index (Phi) is 3.06. The molecule has 0 unspecified atom stereocenters. The van der Waals surface area contributed by atoms with Crippen LogP contribution in [0.1, 0.15) is 43.2 Å². The van der Waals surface area contributed by atoms with Gasteiger partial charge in [0, 0.05) is 4.88 Å². The van der Waals surface area contributed by atoms with Crippen LogP contribution in [0.2, 0.25) is 0 Å². The molecule has 2 rings (SSSR count). The number of nitrogens with zero attached hydrogens (tertiary/aromatic N) is 1. The lowest BCUT2D eigenvalue weighted by molar-refractivity contribution is 1.11. The summed E-state index contributed by atoms with van der Waals surface area (Å²) < 4.78 is 0. The van der Waals surface area contributed by atoms with Gasteiger partial charge in [0.1, 0.15) is 0 Å². The average molecular weight is 169 g/mol. The van der Waals surface area contributed by atoms with Gasteiger partial charge in [0.25, 0.3) is 0 Å². The third-order valence-electron chi connectivity index (χ3n) is 1.73. The van der Waals surface area contributed by atoms with Crippen molar-refractivity contribution in [3.8, 4) is 0 Å². The van der Waals surface area contributed by atoms with Crippen molar-refractivity contribution in [3.63, 3.8) is 0 Å². The highest BCUT2D eigenvalue weighted by molar-refractivity contribution is 7.09. The van der Waals surface area contributed by atoms with Crippen molar-refractivity contribution >= 4 is 11.3 Å². The van der Waals surface area contributed by atoms with Crippen molar-refractivity contribution < 1.29 is 0 Å². The molecular formula is C9H15NS. The van der Waals surface area contributed by atoms with Crippen LogP contribution in [0.25, 0.3) is 0 Å². The standard InChI is InChI=1S/C7H9NS.C2H6/c1-5-7(6-2-3-6)9-4-8-5;1-2/h4,6H,2-3H2,1H3;1-2H3. The predicted octanol–water partition coefficient (Wildman–Crippen LogP) is 3.36. The Bertz CT molecular complexity index is 213. The van der Waals surface area contributed by atoms with Gasteiger partial charge in [-0.2, -0.15) is 0 Å². The summed E-state index contributed by atoms with van der Waals surface area (Å²) in [4.78, 5) is 5.72. The molecule has 0 amide bonds. The quantitative estimate of drug-likeness (QED) is 0.628. The van der Waals surface area contributed by atoms with Crippen molar-refractivity contribution in [2.75, 3.05) is 0 Å². The highest BCUT2D eigenvalue weighted by Gasteiger charge is 2.26. The topological polar surface area (TPSA) is 12.9 Å². The molecule has 1 aromatic rings. The van der Waals surface area contributed by atoms with Crippen LogP contribution < -0.4 is 0 Å². The van der Waals surface area contributed by atoms with Gasteiger partial charge in [-0.25, -0.2) is 4.98 Å². The molecule has 0 aliphatic heterocycles. The fourth-order valence-corrected chi connectivity index (χ4v) is 2.02. The summed E-state index contributed by atoms with van der Waals surface area (Å²) in [6.45, 7) is 6.10. The Balaban J connectivity index is 0.000000281. The van der Waals surface area contributed by atoms with Crippen LogP contribution in [0.15, 0.2) is 5.51 Å². The van der Waals surface area contributed by atoms with Crippen LogP contribution >= 0.6 is 11.3 Å². The molecule has 0 atom stereocenters. The molecule has 1 aliphatic rings. The van der Waals surface area contributed by atoms with Crippen LogP contribution in [0.5, 0.6) is 0 Å². The summed E-state index contributed by atoms with van der Waals surface area (Å²) in [5, 5.41) is 0. The normalized spacial score (nSPS) is 15.5. The fraction of sp³-hybridized carbons (Fsp3) is 0.667. The second-order valence-electron chi connectivity index (χ2n) is 2.58. The number of thiazole rings is 1. The van der Waals surface area contributed by atoms with Gasteiger partial charge in [0.05, 0.1) is 11.2 Å². The summed E-state index contributed by atoms with van der Waals surface area (Å²) in [7, 11) is 0. The number of rotatable bonds is 1. The molecule has 0 aromatic carbocycles. The van der Waals surface area contributed by atoms with Crippen molar-refractivity contribution in [2.24, 2.45) is 0 Å². The van der Waals surface area contributed by atoms with E-state index in [2.05, 4.69) is 11.9 Å². The van der Waals surface area contributed by atoms with Crippen LogP contribution in [0.3, 0.4) is 0 Å². The van der Waals surface area contributed by atoms with E-state index in [9.17, 15) is 0 Å². The van der Waals surface area contributed by atoms with Crippen LogP contribution in [-0.4, -0.2) is 4.98 Å². The third kappa shape index (κ3) is 2.03. The molecular weight excluding hydrogens is 154 g/mol. The maximum atomic E-state index is 4.20. The number of aryl methyl sites for hydroxylation is 1. The number of hydrogen-bond donors (Lipinski definition) is 0.